The van der Waals surface area contributed by atoms with E-state index in [-0.39, 0.29) is 30.5 Å². The lowest BCUT2D eigenvalue weighted by Crippen LogP contribution is -2.50. The number of hydrogen-bond donors (Lipinski definition) is 2. The lowest BCUT2D eigenvalue weighted by molar-refractivity contribution is -0.173. The molecule has 6 rings (SSSR count). The van der Waals surface area contributed by atoms with Crippen LogP contribution in [0.5, 0.6) is 5.75 Å². The molecule has 1 saturated heterocycles. The van der Waals surface area contributed by atoms with Crippen molar-refractivity contribution in [2.75, 3.05) is 18.9 Å². The number of nitrogens with two attached hydrogens (primary N) is 1. The second-order valence-corrected chi connectivity index (χ2v) is 20.5. The average molecular weight is 991 g/mol. The number of phosphoric acid groups is 1. The van der Waals surface area contributed by atoms with Gasteiger partial charge >= 0.3 is 33.5 Å². The molecule has 5 aromatic rings. The highest BCUT2D eigenvalue weighted by Gasteiger charge is 2.62. The van der Waals surface area contributed by atoms with Gasteiger partial charge in [0.2, 0.25) is 5.60 Å². The smallest absolute Gasteiger partial charge is 0.461 e. The van der Waals surface area contributed by atoms with Crippen molar-refractivity contribution in [1.29, 1.82) is 5.26 Å². The number of carbonyl (C=O) groups is 3. The quantitative estimate of drug-likeness (QED) is 0.0358. The van der Waals surface area contributed by atoms with Crippen molar-refractivity contribution in [3.8, 4) is 11.8 Å². The Balaban J connectivity index is 1.24. The van der Waals surface area contributed by atoms with Crippen LogP contribution < -0.4 is 15.3 Å². The molecule has 69 heavy (non-hydrogen) atoms. The first-order chi connectivity index (χ1) is 32.7. The molecule has 22 heteroatoms. The number of phosphoric ester groups is 1. The lowest BCUT2D eigenvalue weighted by atomic mass is 9.95. The van der Waals surface area contributed by atoms with Gasteiger partial charge in [-0.25, -0.2) is 18.6 Å². The van der Waals surface area contributed by atoms with Crippen molar-refractivity contribution < 1.29 is 65.1 Å². The minimum Gasteiger partial charge on any atom is -0.461 e. The molecule has 0 bridgehead atoms. The molecule has 20 nitrogen and oxygen atoms in total. The number of hydrogen-bond acceptors (Lipinski definition) is 18. The molecule has 0 amide bonds. The van der Waals surface area contributed by atoms with Crippen LogP contribution >= 0.6 is 15.6 Å². The normalized spacial score (nSPS) is 19.7. The van der Waals surface area contributed by atoms with Crippen LogP contribution in [-0.4, -0.2) is 75.2 Å². The molecule has 3 aromatic carbocycles. The summed E-state index contributed by atoms with van der Waals surface area (Å²) in [5.41, 5.74) is 4.28. The molecule has 3 N–H and O–H groups in total. The minimum absolute atomic E-state index is 0.0323. The second-order valence-electron chi connectivity index (χ2n) is 17.3. The predicted molar refractivity (Wildman–Crippen MR) is 248 cm³/mol. The van der Waals surface area contributed by atoms with Crippen molar-refractivity contribution in [1.82, 2.24) is 19.7 Å². The zero-order chi connectivity index (χ0) is 50.0. The molecule has 0 saturated carbocycles. The van der Waals surface area contributed by atoms with Gasteiger partial charge in [-0.3, -0.25) is 32.5 Å². The van der Waals surface area contributed by atoms with E-state index in [1.807, 2.05) is 18.2 Å². The number of carbonyl (C=O) groups excluding carboxylic acids is 3. The van der Waals surface area contributed by atoms with Crippen LogP contribution in [0.25, 0.3) is 5.52 Å². The fourth-order valence-electron chi connectivity index (χ4n) is 6.68. The van der Waals surface area contributed by atoms with E-state index >= 15 is 0 Å². The van der Waals surface area contributed by atoms with Crippen LogP contribution in [0.3, 0.4) is 0 Å². The summed E-state index contributed by atoms with van der Waals surface area (Å²) < 4.78 is 83.7. The number of rotatable bonds is 23. The van der Waals surface area contributed by atoms with Crippen LogP contribution in [0, 0.1) is 23.2 Å². The van der Waals surface area contributed by atoms with Gasteiger partial charge in [0.1, 0.15) is 54.6 Å². The monoisotopic (exact) mass is 990 g/mol. The summed E-state index contributed by atoms with van der Waals surface area (Å²) >= 11 is 0. The van der Waals surface area contributed by atoms with Gasteiger partial charge < -0.3 is 29.2 Å². The Labute approximate surface area is 399 Å². The molecule has 0 radical (unpaired) electrons. The van der Waals surface area contributed by atoms with Crippen LogP contribution in [-0.2, 0) is 73.8 Å². The van der Waals surface area contributed by atoms with Gasteiger partial charge in [0.25, 0.3) is 0 Å². The molecular weight excluding hydrogens is 934 g/mol. The van der Waals surface area contributed by atoms with E-state index in [4.69, 9.17) is 47.3 Å². The first-order valence-corrected chi connectivity index (χ1v) is 24.9. The highest BCUT2D eigenvalue weighted by molar-refractivity contribution is 7.52. The SMILES string of the molecule is CC(C)C(=O)O[C@H]1[C@H](c2ccc3c(N)ncnn23)O[C@](C#N)(COP(=O)(N[C@@H](C)C(=O)OCC(C)(C)OP(=O)(OCc2ccccc2)OCc2ccccc2)Oc2ccccc2)[C@H]1OC(=O)C(C)C. The molecule has 1 unspecified atom stereocenters. The number of anilines is 1. The van der Waals surface area contributed by atoms with E-state index in [9.17, 15) is 28.8 Å². The van der Waals surface area contributed by atoms with E-state index < -0.39 is 94.1 Å². The second kappa shape index (κ2) is 22.6. The Morgan fingerprint density at radius 1 is 0.826 bits per heavy atom. The third-order valence-electron chi connectivity index (χ3n) is 10.3. The van der Waals surface area contributed by atoms with E-state index in [2.05, 4.69) is 15.2 Å². The van der Waals surface area contributed by atoms with E-state index in [1.54, 1.807) is 107 Å². The van der Waals surface area contributed by atoms with E-state index in [0.29, 0.717) is 16.6 Å². The first-order valence-electron chi connectivity index (χ1n) is 21.9. The van der Waals surface area contributed by atoms with Gasteiger partial charge in [0.05, 0.1) is 30.7 Å². The van der Waals surface area contributed by atoms with E-state index in [1.165, 1.54) is 43.7 Å². The standard InChI is InChI=1S/C47H56N6O14P2/c1-31(2)43(54)63-40-39(37-23-24-38-42(49)50-30-51-53(37)38)65-47(27-48,41(40)64-44(55)32(3)4)29-62-68(57,66-36-21-15-10-16-22-36)52-33(5)45(56)59-28-46(6,7)67-69(58,60-25-34-17-11-8-12-18-34)61-26-35-19-13-9-14-20-35/h8-24,30-33,39-41H,25-26,28-29H2,1-7H3,(H,52,57)(H2,49,50,51)/t33-,39-,40-,41-,47+,68?/m0/s1. The number of aromatic nitrogens is 3. The maximum absolute atomic E-state index is 14.9. The summed E-state index contributed by atoms with van der Waals surface area (Å²) in [4.78, 5) is 44.4. The third kappa shape index (κ3) is 13.6. The summed E-state index contributed by atoms with van der Waals surface area (Å²) in [7, 11) is -9.12. The van der Waals surface area contributed by atoms with Crippen molar-refractivity contribution >= 4 is 44.8 Å². The largest absolute Gasteiger partial charge is 0.476 e. The van der Waals surface area contributed by atoms with Gasteiger partial charge in [-0.1, -0.05) is 107 Å². The Hall–Kier alpha value is -6.00. The van der Waals surface area contributed by atoms with Gasteiger partial charge in [-0.15, -0.1) is 0 Å². The number of nitrogens with zero attached hydrogens (tertiary/aromatic N) is 4. The van der Waals surface area contributed by atoms with Gasteiger partial charge in [-0.05, 0) is 56.2 Å². The molecule has 368 valence electrons. The van der Waals surface area contributed by atoms with E-state index in [0.717, 1.165) is 0 Å². The molecule has 6 atom stereocenters. The summed E-state index contributed by atoms with van der Waals surface area (Å²) in [5.74, 6) is -3.73. The Morgan fingerprint density at radius 3 is 1.96 bits per heavy atom. The maximum Gasteiger partial charge on any atom is 0.476 e. The minimum atomic E-state index is -4.79. The van der Waals surface area contributed by atoms with Crippen molar-refractivity contribution in [3.63, 3.8) is 0 Å². The number of fused-ring (bicyclic) bond motifs is 1. The summed E-state index contributed by atoms with van der Waals surface area (Å²) in [6, 6.07) is 29.5. The molecule has 3 heterocycles. The number of nitrogens with one attached hydrogen (secondary N) is 1. The predicted octanol–water partition coefficient (Wildman–Crippen LogP) is 7.84. The topological polar surface area (TPSA) is 260 Å². The number of benzene rings is 3. The fraction of sp³-hybridized carbons (Fsp3) is 0.404. The first kappa shape index (κ1) is 52.4. The average Bonchev–Trinajstić information content (AvgIpc) is 3.89. The van der Waals surface area contributed by atoms with Crippen LogP contribution in [0.1, 0.15) is 71.4 Å². The third-order valence-corrected chi connectivity index (χ3v) is 13.6. The summed E-state index contributed by atoms with van der Waals surface area (Å²) in [6.07, 6.45) is -3.36. The highest BCUT2D eigenvalue weighted by Crippen LogP contribution is 2.54. The number of esters is 3. The van der Waals surface area contributed by atoms with Crippen molar-refractivity contribution in [3.05, 3.63) is 126 Å². The Morgan fingerprint density at radius 2 is 1.39 bits per heavy atom. The van der Waals surface area contributed by atoms with Gasteiger partial charge in [0.15, 0.2) is 18.0 Å². The molecular formula is C47H56N6O14P2. The molecule has 0 spiro atoms. The molecule has 1 aliphatic rings. The maximum atomic E-state index is 14.9. The Kier molecular flexibility index (Phi) is 17.2. The fourth-order valence-corrected chi connectivity index (χ4v) is 9.66. The number of nitriles is 1. The zero-order valence-corrected chi connectivity index (χ0v) is 40.9. The zero-order valence-electron chi connectivity index (χ0n) is 39.2. The molecule has 2 aromatic heterocycles. The number of ether oxygens (including phenoxy) is 4. The van der Waals surface area contributed by atoms with Crippen LogP contribution in [0.2, 0.25) is 0 Å². The van der Waals surface area contributed by atoms with Crippen molar-refractivity contribution in [2.45, 2.75) is 97.2 Å². The summed E-state index contributed by atoms with van der Waals surface area (Å²) in [6.45, 7) is 8.98. The highest BCUT2D eigenvalue weighted by atomic mass is 31.2. The number of nitrogen functional groups attached to an aromatic ring is 1. The van der Waals surface area contributed by atoms with Crippen LogP contribution in [0.4, 0.5) is 5.82 Å². The summed E-state index contributed by atoms with van der Waals surface area (Å²) in [5, 5.41) is 17.9. The Bertz CT molecular complexity index is 2640. The van der Waals surface area contributed by atoms with Gasteiger partial charge in [0, 0.05) is 0 Å². The lowest BCUT2D eigenvalue weighted by Gasteiger charge is -2.31. The van der Waals surface area contributed by atoms with Crippen molar-refractivity contribution in [2.24, 2.45) is 11.8 Å². The van der Waals surface area contributed by atoms with Crippen LogP contribution in [0.15, 0.2) is 109 Å². The molecule has 1 fully saturated rings. The van der Waals surface area contributed by atoms with Gasteiger partial charge in [-0.2, -0.15) is 15.4 Å². The molecule has 1 aliphatic heterocycles. The molecule has 0 aliphatic carbocycles. The number of para-hydroxylation sites is 1.